The Morgan fingerprint density at radius 3 is 2.47 bits per heavy atom. The Morgan fingerprint density at radius 1 is 1.27 bits per heavy atom. The van der Waals surface area contributed by atoms with Gasteiger partial charge >= 0.3 is 13.1 Å². The lowest BCUT2D eigenvalue weighted by Gasteiger charge is -2.09. The third kappa shape index (κ3) is 3.07. The monoisotopic (exact) mass is 212 g/mol. The highest BCUT2D eigenvalue weighted by Gasteiger charge is 2.20. The van der Waals surface area contributed by atoms with Gasteiger partial charge in [-0.1, -0.05) is 0 Å². The summed E-state index contributed by atoms with van der Waals surface area (Å²) in [6.07, 6.45) is 1.27. The van der Waals surface area contributed by atoms with Gasteiger partial charge in [0.2, 0.25) is 5.88 Å². The molecule has 7 heteroatoms. The second-order valence-corrected chi connectivity index (χ2v) is 2.65. The predicted molar refractivity (Wildman–Crippen MR) is 54.2 cm³/mol. The summed E-state index contributed by atoms with van der Waals surface area (Å²) < 4.78 is 10.2. The number of ether oxygens (including phenoxy) is 2. The Bertz CT molecular complexity index is 322. The van der Waals surface area contributed by atoms with E-state index < -0.39 is 7.12 Å². The molecule has 1 heterocycles. The third-order valence-electron chi connectivity index (χ3n) is 1.59. The number of nitrogens with zero attached hydrogens (tertiary/aromatic N) is 2. The molecule has 0 aromatic carbocycles. The van der Waals surface area contributed by atoms with Crippen molar-refractivity contribution in [2.75, 3.05) is 13.2 Å². The van der Waals surface area contributed by atoms with Crippen molar-refractivity contribution < 1.29 is 19.5 Å². The van der Waals surface area contributed by atoms with E-state index in [0.717, 1.165) is 0 Å². The number of hydrogen-bond acceptors (Lipinski definition) is 6. The zero-order chi connectivity index (χ0) is 11.3. The summed E-state index contributed by atoms with van der Waals surface area (Å²) in [4.78, 5) is 7.70. The highest BCUT2D eigenvalue weighted by molar-refractivity contribution is 6.59. The van der Waals surface area contributed by atoms with E-state index in [-0.39, 0.29) is 17.4 Å². The maximum atomic E-state index is 9.01. The first-order chi connectivity index (χ1) is 7.19. The first kappa shape index (κ1) is 11.7. The molecule has 6 nitrogen and oxygen atoms in total. The fourth-order valence-corrected chi connectivity index (χ4v) is 0.988. The van der Waals surface area contributed by atoms with E-state index in [9.17, 15) is 0 Å². The molecule has 0 saturated heterocycles. The summed E-state index contributed by atoms with van der Waals surface area (Å²) in [7, 11) is -1.65. The maximum absolute atomic E-state index is 9.01. The summed E-state index contributed by atoms with van der Waals surface area (Å²) in [6, 6.07) is 0.158. The average molecular weight is 212 g/mol. The molecule has 0 bridgehead atoms. The smallest absolute Gasteiger partial charge is 0.478 e. The molecule has 0 aliphatic rings. The summed E-state index contributed by atoms with van der Waals surface area (Å²) in [5.74, 6) is 0.131. The molecule has 1 rings (SSSR count). The van der Waals surface area contributed by atoms with Gasteiger partial charge in [0, 0.05) is 6.20 Å². The Hall–Kier alpha value is -1.34. The lowest BCUT2D eigenvalue weighted by Crippen LogP contribution is -2.32. The Balaban J connectivity index is 2.97. The van der Waals surface area contributed by atoms with Crippen molar-refractivity contribution in [3.05, 3.63) is 6.20 Å². The minimum atomic E-state index is -1.65. The lowest BCUT2D eigenvalue weighted by atomic mass is 9.82. The highest BCUT2D eigenvalue weighted by atomic mass is 16.5. The second-order valence-electron chi connectivity index (χ2n) is 2.65. The molecule has 82 valence electrons. The van der Waals surface area contributed by atoms with Crippen LogP contribution in [0, 0.1) is 0 Å². The first-order valence-electron chi connectivity index (χ1n) is 4.67. The van der Waals surface area contributed by atoms with Gasteiger partial charge in [0.1, 0.15) is 0 Å². The van der Waals surface area contributed by atoms with Crippen LogP contribution in [-0.2, 0) is 0 Å². The highest BCUT2D eigenvalue weighted by Crippen LogP contribution is 2.08. The largest absolute Gasteiger partial charge is 0.495 e. The number of rotatable bonds is 5. The van der Waals surface area contributed by atoms with E-state index >= 15 is 0 Å². The van der Waals surface area contributed by atoms with E-state index in [0.29, 0.717) is 13.2 Å². The van der Waals surface area contributed by atoms with Crippen LogP contribution in [-0.4, -0.2) is 40.3 Å². The maximum Gasteiger partial charge on any atom is 0.495 e. The topological polar surface area (TPSA) is 84.7 Å². The number of aromatic nitrogens is 2. The van der Waals surface area contributed by atoms with Crippen LogP contribution >= 0.6 is 0 Å². The minimum Gasteiger partial charge on any atom is -0.478 e. The molecule has 0 radical (unpaired) electrons. The van der Waals surface area contributed by atoms with Gasteiger partial charge in [-0.25, -0.2) is 4.98 Å². The van der Waals surface area contributed by atoms with E-state index in [2.05, 4.69) is 9.97 Å². The fourth-order valence-electron chi connectivity index (χ4n) is 0.988. The van der Waals surface area contributed by atoms with Crippen LogP contribution in [0.15, 0.2) is 6.20 Å². The zero-order valence-electron chi connectivity index (χ0n) is 8.67. The van der Waals surface area contributed by atoms with Gasteiger partial charge < -0.3 is 19.5 Å². The van der Waals surface area contributed by atoms with Crippen LogP contribution < -0.4 is 14.9 Å². The molecule has 0 aliphatic heterocycles. The molecular formula is C8H13BN2O4. The van der Waals surface area contributed by atoms with Gasteiger partial charge in [0.05, 0.1) is 18.7 Å². The van der Waals surface area contributed by atoms with Crippen molar-refractivity contribution in [3.8, 4) is 11.9 Å². The van der Waals surface area contributed by atoms with Gasteiger partial charge in [-0.2, -0.15) is 4.98 Å². The third-order valence-corrected chi connectivity index (χ3v) is 1.59. The molecule has 15 heavy (non-hydrogen) atoms. The van der Waals surface area contributed by atoms with Crippen LogP contribution in [0.25, 0.3) is 0 Å². The van der Waals surface area contributed by atoms with Crippen molar-refractivity contribution in [2.24, 2.45) is 0 Å². The molecule has 0 amide bonds. The van der Waals surface area contributed by atoms with Gasteiger partial charge in [-0.15, -0.1) is 0 Å². The molecule has 0 unspecified atom stereocenters. The average Bonchev–Trinajstić information content (AvgIpc) is 2.18. The SMILES string of the molecule is CCOc1ncc(B(O)O)c(OCC)n1. The van der Waals surface area contributed by atoms with Gasteiger partial charge in [-0.05, 0) is 13.8 Å². The van der Waals surface area contributed by atoms with Crippen LogP contribution in [0.4, 0.5) is 0 Å². The molecule has 0 fully saturated rings. The van der Waals surface area contributed by atoms with E-state index in [1.807, 2.05) is 0 Å². The molecule has 0 aliphatic carbocycles. The summed E-state index contributed by atoms with van der Waals surface area (Å²) >= 11 is 0. The lowest BCUT2D eigenvalue weighted by molar-refractivity contribution is 0.289. The zero-order valence-corrected chi connectivity index (χ0v) is 8.67. The van der Waals surface area contributed by atoms with Crippen molar-refractivity contribution in [1.82, 2.24) is 9.97 Å². The molecule has 1 aromatic rings. The molecule has 0 saturated carbocycles. The summed E-state index contributed by atoms with van der Waals surface area (Å²) in [5.41, 5.74) is 0.125. The molecule has 2 N–H and O–H groups in total. The molecule has 0 atom stereocenters. The van der Waals surface area contributed by atoms with Crippen molar-refractivity contribution in [3.63, 3.8) is 0 Å². The van der Waals surface area contributed by atoms with Crippen molar-refractivity contribution in [2.45, 2.75) is 13.8 Å². The van der Waals surface area contributed by atoms with E-state index in [1.165, 1.54) is 6.20 Å². The van der Waals surface area contributed by atoms with Gasteiger partial charge in [0.15, 0.2) is 0 Å². The minimum absolute atomic E-state index is 0.125. The fraction of sp³-hybridized carbons (Fsp3) is 0.500. The summed E-state index contributed by atoms with van der Waals surface area (Å²) in [5, 5.41) is 18.0. The Labute approximate surface area is 88.0 Å². The Morgan fingerprint density at radius 2 is 1.93 bits per heavy atom. The van der Waals surface area contributed by atoms with Gasteiger partial charge in [0.25, 0.3) is 0 Å². The standard InChI is InChI=1S/C8H13BN2O4/c1-3-14-7-6(9(12)13)5-10-8(11-7)15-4-2/h5,12-13H,3-4H2,1-2H3. The van der Waals surface area contributed by atoms with Gasteiger partial charge in [-0.3, -0.25) is 0 Å². The van der Waals surface area contributed by atoms with Crippen LogP contribution in [0.5, 0.6) is 11.9 Å². The summed E-state index contributed by atoms with van der Waals surface area (Å²) in [6.45, 7) is 4.39. The van der Waals surface area contributed by atoms with Crippen LogP contribution in [0.2, 0.25) is 0 Å². The molecule has 0 spiro atoms. The van der Waals surface area contributed by atoms with Crippen LogP contribution in [0.3, 0.4) is 0 Å². The van der Waals surface area contributed by atoms with E-state index in [4.69, 9.17) is 19.5 Å². The first-order valence-corrected chi connectivity index (χ1v) is 4.67. The molecule has 1 aromatic heterocycles. The molecular weight excluding hydrogens is 199 g/mol. The van der Waals surface area contributed by atoms with Crippen molar-refractivity contribution in [1.29, 1.82) is 0 Å². The van der Waals surface area contributed by atoms with E-state index in [1.54, 1.807) is 13.8 Å². The second kappa shape index (κ2) is 5.52. The quantitative estimate of drug-likeness (QED) is 0.606. The normalized spacial score (nSPS) is 9.87. The van der Waals surface area contributed by atoms with Crippen molar-refractivity contribution >= 4 is 12.6 Å². The van der Waals surface area contributed by atoms with Crippen LogP contribution in [0.1, 0.15) is 13.8 Å². The number of hydrogen-bond donors (Lipinski definition) is 2. The predicted octanol–water partition coefficient (Wildman–Crippen LogP) is -1.05. The Kier molecular flexibility index (Phi) is 4.32.